The Morgan fingerprint density at radius 3 is 2.32 bits per heavy atom. The van der Waals surface area contributed by atoms with Crippen molar-refractivity contribution in [2.45, 2.75) is 25.3 Å². The molecule has 8 heteroatoms. The van der Waals surface area contributed by atoms with Gasteiger partial charge in [0, 0.05) is 35.5 Å². The number of aromatic nitrogens is 1. The lowest BCUT2D eigenvalue weighted by molar-refractivity contribution is 0.0690. The summed E-state index contributed by atoms with van der Waals surface area (Å²) in [5, 5.41) is 16.6. The van der Waals surface area contributed by atoms with E-state index in [0.717, 1.165) is 12.8 Å². The Hall–Kier alpha value is -2.74. The molecule has 7 nitrogen and oxygen atoms in total. The van der Waals surface area contributed by atoms with Gasteiger partial charge in [0.05, 0.1) is 5.01 Å². The van der Waals surface area contributed by atoms with Crippen LogP contribution in [0.1, 0.15) is 49.1 Å². The van der Waals surface area contributed by atoms with E-state index in [4.69, 9.17) is 5.11 Å². The van der Waals surface area contributed by atoms with Gasteiger partial charge in [-0.3, -0.25) is 9.59 Å². The summed E-state index contributed by atoms with van der Waals surface area (Å²) in [5.74, 6) is -1.42. The zero-order chi connectivity index (χ0) is 17.8. The topological polar surface area (TPSA) is 108 Å². The maximum Gasteiger partial charge on any atom is 0.355 e. The summed E-state index contributed by atoms with van der Waals surface area (Å²) in [6.45, 7) is 0.356. The van der Waals surface area contributed by atoms with Crippen LogP contribution >= 0.6 is 11.3 Å². The molecule has 1 aromatic heterocycles. The third-order valence-electron chi connectivity index (χ3n) is 3.72. The smallest absolute Gasteiger partial charge is 0.355 e. The van der Waals surface area contributed by atoms with Gasteiger partial charge in [0.25, 0.3) is 11.8 Å². The molecule has 0 saturated heterocycles. The van der Waals surface area contributed by atoms with Crippen LogP contribution in [0, 0.1) is 0 Å². The van der Waals surface area contributed by atoms with Gasteiger partial charge >= 0.3 is 5.97 Å². The standard InChI is InChI=1S/C17H17N3O4S/c21-15(18-8-7-14-20-13(9-25-14)17(23)24)10-1-3-11(4-2-10)16(22)19-12-5-6-12/h1-4,9,12H,5-8H2,(H,18,21)(H,19,22)(H,23,24). The van der Waals surface area contributed by atoms with Crippen LogP contribution in [0.2, 0.25) is 0 Å². The number of rotatable bonds is 7. The van der Waals surface area contributed by atoms with Crippen molar-refractivity contribution in [3.8, 4) is 0 Å². The molecular weight excluding hydrogens is 342 g/mol. The molecule has 3 N–H and O–H groups in total. The second-order valence-electron chi connectivity index (χ2n) is 5.76. The monoisotopic (exact) mass is 359 g/mol. The molecule has 0 radical (unpaired) electrons. The molecule has 25 heavy (non-hydrogen) atoms. The normalized spacial score (nSPS) is 13.3. The molecule has 1 fully saturated rings. The highest BCUT2D eigenvalue weighted by Crippen LogP contribution is 2.19. The Balaban J connectivity index is 1.48. The predicted molar refractivity (Wildman–Crippen MR) is 92.0 cm³/mol. The number of aromatic carboxylic acids is 1. The number of hydrogen-bond acceptors (Lipinski definition) is 5. The zero-order valence-electron chi connectivity index (χ0n) is 13.3. The summed E-state index contributed by atoms with van der Waals surface area (Å²) in [7, 11) is 0. The molecule has 0 bridgehead atoms. The van der Waals surface area contributed by atoms with Crippen LogP contribution in [0.25, 0.3) is 0 Å². The highest BCUT2D eigenvalue weighted by atomic mass is 32.1. The Morgan fingerprint density at radius 1 is 1.12 bits per heavy atom. The fourth-order valence-electron chi connectivity index (χ4n) is 2.18. The van der Waals surface area contributed by atoms with Crippen LogP contribution in [0.3, 0.4) is 0 Å². The lowest BCUT2D eigenvalue weighted by Gasteiger charge is -2.06. The van der Waals surface area contributed by atoms with Crippen LogP contribution in [0.5, 0.6) is 0 Å². The zero-order valence-corrected chi connectivity index (χ0v) is 14.1. The average molecular weight is 359 g/mol. The summed E-state index contributed by atoms with van der Waals surface area (Å²) in [5.41, 5.74) is 1.02. The van der Waals surface area contributed by atoms with Gasteiger partial charge in [0.1, 0.15) is 0 Å². The number of carbonyl (C=O) groups excluding carboxylic acids is 2. The number of nitrogens with one attached hydrogen (secondary N) is 2. The molecule has 2 aromatic rings. The molecule has 0 unspecified atom stereocenters. The number of nitrogens with zero attached hydrogens (tertiary/aromatic N) is 1. The summed E-state index contributed by atoms with van der Waals surface area (Å²) >= 11 is 1.25. The highest BCUT2D eigenvalue weighted by Gasteiger charge is 2.23. The molecule has 1 heterocycles. The van der Waals surface area contributed by atoms with Crippen LogP contribution in [0.15, 0.2) is 29.6 Å². The quantitative estimate of drug-likeness (QED) is 0.697. The molecule has 1 aromatic carbocycles. The van der Waals surface area contributed by atoms with Crippen molar-refractivity contribution in [1.82, 2.24) is 15.6 Å². The third-order valence-corrected chi connectivity index (χ3v) is 4.63. The second-order valence-corrected chi connectivity index (χ2v) is 6.71. The first-order valence-electron chi connectivity index (χ1n) is 7.90. The number of carbonyl (C=O) groups is 3. The van der Waals surface area contributed by atoms with E-state index >= 15 is 0 Å². The van der Waals surface area contributed by atoms with Crippen LogP contribution in [-0.4, -0.2) is 40.5 Å². The minimum atomic E-state index is -1.06. The maximum atomic E-state index is 12.1. The molecule has 0 atom stereocenters. The van der Waals surface area contributed by atoms with Crippen LogP contribution in [0.4, 0.5) is 0 Å². The van der Waals surface area contributed by atoms with E-state index in [0.29, 0.717) is 35.1 Å². The number of benzene rings is 1. The fraction of sp³-hybridized carbons (Fsp3) is 0.294. The number of thiazole rings is 1. The van der Waals surface area contributed by atoms with Gasteiger partial charge < -0.3 is 15.7 Å². The van der Waals surface area contributed by atoms with E-state index in [1.54, 1.807) is 24.3 Å². The third kappa shape index (κ3) is 4.63. The molecule has 2 amide bonds. The van der Waals surface area contributed by atoms with Gasteiger partial charge in [-0.15, -0.1) is 11.3 Å². The number of hydrogen-bond donors (Lipinski definition) is 3. The lowest BCUT2D eigenvalue weighted by Crippen LogP contribution is -2.27. The Bertz CT molecular complexity index is 796. The Morgan fingerprint density at radius 2 is 1.76 bits per heavy atom. The van der Waals surface area contributed by atoms with Crippen molar-refractivity contribution in [3.63, 3.8) is 0 Å². The predicted octanol–water partition coefficient (Wildman–Crippen LogP) is 1.71. The van der Waals surface area contributed by atoms with Crippen molar-refractivity contribution < 1.29 is 19.5 Å². The molecule has 1 aliphatic rings. The van der Waals surface area contributed by atoms with Crippen molar-refractivity contribution in [2.24, 2.45) is 0 Å². The molecule has 130 valence electrons. The molecule has 1 aliphatic carbocycles. The molecule has 0 aliphatic heterocycles. The molecular formula is C17H17N3O4S. The second kappa shape index (κ2) is 7.43. The summed E-state index contributed by atoms with van der Waals surface area (Å²) in [6.07, 6.45) is 2.52. The van der Waals surface area contributed by atoms with E-state index in [-0.39, 0.29) is 17.5 Å². The van der Waals surface area contributed by atoms with Crippen molar-refractivity contribution in [1.29, 1.82) is 0 Å². The average Bonchev–Trinajstić information content (AvgIpc) is 3.28. The fourth-order valence-corrected chi connectivity index (χ4v) is 2.95. The molecule has 0 spiro atoms. The van der Waals surface area contributed by atoms with Gasteiger partial charge in [-0.1, -0.05) is 0 Å². The number of carboxylic acids is 1. The van der Waals surface area contributed by atoms with E-state index in [1.807, 2.05) is 0 Å². The maximum absolute atomic E-state index is 12.1. The Labute approximate surface area is 148 Å². The largest absolute Gasteiger partial charge is 0.476 e. The van der Waals surface area contributed by atoms with Crippen LogP contribution in [-0.2, 0) is 6.42 Å². The lowest BCUT2D eigenvalue weighted by atomic mass is 10.1. The molecule has 1 saturated carbocycles. The summed E-state index contributed by atoms with van der Waals surface area (Å²) in [6, 6.07) is 6.79. The number of carboxylic acid groups (broad SMARTS) is 1. The Kier molecular flexibility index (Phi) is 5.08. The minimum Gasteiger partial charge on any atom is -0.476 e. The van der Waals surface area contributed by atoms with Gasteiger partial charge in [-0.25, -0.2) is 9.78 Å². The van der Waals surface area contributed by atoms with Gasteiger partial charge in [-0.05, 0) is 37.1 Å². The van der Waals surface area contributed by atoms with Gasteiger partial charge in [0.15, 0.2) is 5.69 Å². The van der Waals surface area contributed by atoms with Gasteiger partial charge in [-0.2, -0.15) is 0 Å². The number of amides is 2. The van der Waals surface area contributed by atoms with E-state index in [9.17, 15) is 14.4 Å². The first-order chi connectivity index (χ1) is 12.0. The summed E-state index contributed by atoms with van der Waals surface area (Å²) < 4.78 is 0. The first-order valence-corrected chi connectivity index (χ1v) is 8.77. The SMILES string of the molecule is O=C(NCCc1nc(C(=O)O)cs1)c1ccc(C(=O)NC2CC2)cc1. The van der Waals surface area contributed by atoms with E-state index < -0.39 is 5.97 Å². The van der Waals surface area contributed by atoms with Crippen molar-refractivity contribution in [2.75, 3.05) is 6.54 Å². The van der Waals surface area contributed by atoms with Crippen molar-refractivity contribution >= 4 is 29.1 Å². The van der Waals surface area contributed by atoms with E-state index in [1.165, 1.54) is 16.7 Å². The van der Waals surface area contributed by atoms with Crippen LogP contribution < -0.4 is 10.6 Å². The highest BCUT2D eigenvalue weighted by molar-refractivity contribution is 7.09. The van der Waals surface area contributed by atoms with Gasteiger partial charge in [0.2, 0.25) is 0 Å². The first kappa shape index (κ1) is 17.1. The summed E-state index contributed by atoms with van der Waals surface area (Å²) in [4.78, 5) is 38.7. The van der Waals surface area contributed by atoms with E-state index in [2.05, 4.69) is 15.6 Å². The molecule has 3 rings (SSSR count). The minimum absolute atomic E-state index is 0.0198. The van der Waals surface area contributed by atoms with Crippen molar-refractivity contribution in [3.05, 3.63) is 51.5 Å².